The largest absolute Gasteiger partial charge is 0.345 e. The van der Waals surface area contributed by atoms with Gasteiger partial charge in [-0.25, -0.2) is 8.42 Å². The Morgan fingerprint density at radius 3 is 2.27 bits per heavy atom. The lowest BCUT2D eigenvalue weighted by Crippen LogP contribution is -2.28. The molecular weight excluding hydrogens is 348 g/mol. The van der Waals surface area contributed by atoms with E-state index in [1.165, 1.54) is 24.3 Å². The maximum Gasteiger partial charge on any atom is 0.251 e. The highest BCUT2D eigenvalue weighted by atomic mass is 32.2. The lowest BCUT2D eigenvalue weighted by molar-refractivity contribution is 0.0935. The van der Waals surface area contributed by atoms with Crippen molar-refractivity contribution in [2.45, 2.75) is 31.2 Å². The zero-order chi connectivity index (χ0) is 19.2. The van der Waals surface area contributed by atoms with Gasteiger partial charge in [0, 0.05) is 5.56 Å². The van der Waals surface area contributed by atoms with Gasteiger partial charge in [-0.3, -0.25) is 4.79 Å². The molecule has 2 rings (SSSR count). The van der Waals surface area contributed by atoms with E-state index < -0.39 is 10.0 Å². The van der Waals surface area contributed by atoms with Gasteiger partial charge in [-0.1, -0.05) is 42.7 Å². The Bertz CT molecular complexity index is 896. The maximum atomic E-state index is 12.5. The first kappa shape index (κ1) is 19.7. The van der Waals surface area contributed by atoms with Crippen LogP contribution in [0.1, 0.15) is 40.9 Å². The zero-order valence-electron chi connectivity index (χ0n) is 14.8. The van der Waals surface area contributed by atoms with Crippen LogP contribution in [0, 0.1) is 19.3 Å². The van der Waals surface area contributed by atoms with Gasteiger partial charge in [0.2, 0.25) is 10.0 Å². The Kier molecular flexibility index (Phi) is 6.56. The molecule has 136 valence electrons. The summed E-state index contributed by atoms with van der Waals surface area (Å²) in [5, 5.41) is 2.98. The molecule has 0 heterocycles. The standard InChI is InChI=1S/C20H22N2O3S/c1-4-14-21-26(24,25)18-12-10-17(11-13-18)20(23)22-19(5-2)16-8-6-15(3)7-9-16/h1,6-13,19,21H,5,14H2,2-3H3,(H,22,23)/t19-/m1/s1. The van der Waals surface area contributed by atoms with E-state index >= 15 is 0 Å². The van der Waals surface area contributed by atoms with Gasteiger partial charge in [0.15, 0.2) is 0 Å². The van der Waals surface area contributed by atoms with E-state index in [9.17, 15) is 13.2 Å². The van der Waals surface area contributed by atoms with Crippen LogP contribution in [0.3, 0.4) is 0 Å². The topological polar surface area (TPSA) is 75.3 Å². The highest BCUT2D eigenvalue weighted by Crippen LogP contribution is 2.18. The SMILES string of the molecule is C#CCNS(=O)(=O)c1ccc(C(=O)N[C@H](CC)c2ccc(C)cc2)cc1. The van der Waals surface area contributed by atoms with Crippen molar-refractivity contribution in [3.8, 4) is 12.3 Å². The maximum absolute atomic E-state index is 12.5. The fourth-order valence-electron chi connectivity index (χ4n) is 2.47. The van der Waals surface area contributed by atoms with Crippen LogP contribution in [0.2, 0.25) is 0 Å². The van der Waals surface area contributed by atoms with Gasteiger partial charge >= 0.3 is 0 Å². The quantitative estimate of drug-likeness (QED) is 0.736. The number of aryl methyl sites for hydroxylation is 1. The second-order valence-electron chi connectivity index (χ2n) is 5.90. The molecule has 0 aliphatic heterocycles. The number of sulfonamides is 1. The van der Waals surface area contributed by atoms with E-state index in [1.807, 2.05) is 38.1 Å². The molecule has 26 heavy (non-hydrogen) atoms. The Morgan fingerprint density at radius 2 is 1.73 bits per heavy atom. The van der Waals surface area contributed by atoms with E-state index in [2.05, 4.69) is 16.0 Å². The lowest BCUT2D eigenvalue weighted by Gasteiger charge is -2.18. The normalized spacial score (nSPS) is 12.2. The van der Waals surface area contributed by atoms with Crippen molar-refractivity contribution in [1.82, 2.24) is 10.0 Å². The molecule has 0 saturated carbocycles. The summed E-state index contributed by atoms with van der Waals surface area (Å²) in [6.07, 6.45) is 5.81. The minimum Gasteiger partial charge on any atom is -0.345 e. The van der Waals surface area contributed by atoms with Crippen molar-refractivity contribution in [3.63, 3.8) is 0 Å². The second-order valence-corrected chi connectivity index (χ2v) is 7.66. The Balaban J connectivity index is 2.12. The molecule has 0 spiro atoms. The lowest BCUT2D eigenvalue weighted by atomic mass is 10.0. The average molecular weight is 370 g/mol. The van der Waals surface area contributed by atoms with E-state index in [4.69, 9.17) is 6.42 Å². The molecule has 0 aromatic heterocycles. The number of benzene rings is 2. The fraction of sp³-hybridized carbons (Fsp3) is 0.250. The minimum absolute atomic E-state index is 0.0647. The summed E-state index contributed by atoms with van der Waals surface area (Å²) >= 11 is 0. The van der Waals surface area contributed by atoms with Crippen molar-refractivity contribution in [2.75, 3.05) is 6.54 Å². The number of nitrogens with one attached hydrogen (secondary N) is 2. The predicted octanol–water partition coefficient (Wildman–Crippen LogP) is 2.79. The van der Waals surface area contributed by atoms with Gasteiger partial charge < -0.3 is 5.32 Å². The summed E-state index contributed by atoms with van der Waals surface area (Å²) in [5.74, 6) is 1.96. The van der Waals surface area contributed by atoms with Crippen molar-refractivity contribution in [3.05, 3.63) is 65.2 Å². The fourth-order valence-corrected chi connectivity index (χ4v) is 3.40. The molecule has 2 aromatic rings. The van der Waals surface area contributed by atoms with Crippen LogP contribution >= 0.6 is 0 Å². The van der Waals surface area contributed by atoms with Crippen molar-refractivity contribution in [1.29, 1.82) is 0 Å². The number of hydrogen-bond acceptors (Lipinski definition) is 3. The number of carbonyl (C=O) groups is 1. The zero-order valence-corrected chi connectivity index (χ0v) is 15.6. The molecule has 0 bridgehead atoms. The molecular formula is C20H22N2O3S. The third kappa shape index (κ3) is 4.94. The van der Waals surface area contributed by atoms with Gasteiger partial charge in [-0.05, 0) is 43.2 Å². The Morgan fingerprint density at radius 1 is 1.12 bits per heavy atom. The first-order valence-electron chi connectivity index (χ1n) is 8.28. The molecule has 1 amide bonds. The third-order valence-corrected chi connectivity index (χ3v) is 5.40. The molecule has 2 N–H and O–H groups in total. The summed E-state index contributed by atoms with van der Waals surface area (Å²) < 4.78 is 26.3. The Labute approximate surface area is 154 Å². The van der Waals surface area contributed by atoms with Gasteiger partial charge in [-0.2, -0.15) is 4.72 Å². The van der Waals surface area contributed by atoms with Crippen molar-refractivity contribution < 1.29 is 13.2 Å². The molecule has 0 aliphatic carbocycles. The number of hydrogen-bond donors (Lipinski definition) is 2. The van der Waals surface area contributed by atoms with Gasteiger partial charge in [0.05, 0.1) is 17.5 Å². The van der Waals surface area contributed by atoms with E-state index in [1.54, 1.807) is 0 Å². The third-order valence-electron chi connectivity index (χ3n) is 3.98. The van der Waals surface area contributed by atoms with Crippen LogP contribution in [-0.2, 0) is 10.0 Å². The van der Waals surface area contributed by atoms with Crippen molar-refractivity contribution in [2.24, 2.45) is 0 Å². The van der Waals surface area contributed by atoms with Gasteiger partial charge in [-0.15, -0.1) is 6.42 Å². The molecule has 0 saturated heterocycles. The molecule has 0 aliphatic rings. The molecule has 5 nitrogen and oxygen atoms in total. The van der Waals surface area contributed by atoms with Gasteiger partial charge in [0.1, 0.15) is 0 Å². The molecule has 0 unspecified atom stereocenters. The summed E-state index contributed by atoms with van der Waals surface area (Å²) in [4.78, 5) is 12.5. The molecule has 1 atom stereocenters. The van der Waals surface area contributed by atoms with Crippen LogP contribution in [0.4, 0.5) is 0 Å². The van der Waals surface area contributed by atoms with Crippen LogP contribution in [0.15, 0.2) is 53.4 Å². The van der Waals surface area contributed by atoms with Crippen LogP contribution in [0.25, 0.3) is 0 Å². The van der Waals surface area contributed by atoms with E-state index in [0.29, 0.717) is 5.56 Å². The molecule has 6 heteroatoms. The molecule has 0 fully saturated rings. The number of terminal acetylenes is 1. The Hall–Kier alpha value is -2.62. The van der Waals surface area contributed by atoms with Crippen LogP contribution in [0.5, 0.6) is 0 Å². The van der Waals surface area contributed by atoms with E-state index in [0.717, 1.165) is 17.5 Å². The number of amides is 1. The summed E-state index contributed by atoms with van der Waals surface area (Å²) in [6.45, 7) is 3.92. The summed E-state index contributed by atoms with van der Waals surface area (Å²) in [6, 6.07) is 13.7. The first-order chi connectivity index (χ1) is 12.4. The van der Waals surface area contributed by atoms with Crippen LogP contribution < -0.4 is 10.0 Å². The van der Waals surface area contributed by atoms with Gasteiger partial charge in [0.25, 0.3) is 5.91 Å². The number of rotatable bonds is 7. The monoisotopic (exact) mass is 370 g/mol. The molecule has 2 aromatic carbocycles. The average Bonchev–Trinajstić information content (AvgIpc) is 2.65. The summed E-state index contributed by atoms with van der Waals surface area (Å²) in [5.41, 5.74) is 2.58. The second kappa shape index (κ2) is 8.65. The highest BCUT2D eigenvalue weighted by Gasteiger charge is 2.16. The first-order valence-corrected chi connectivity index (χ1v) is 9.76. The highest BCUT2D eigenvalue weighted by molar-refractivity contribution is 7.89. The smallest absolute Gasteiger partial charge is 0.251 e. The van der Waals surface area contributed by atoms with Crippen molar-refractivity contribution >= 4 is 15.9 Å². The van der Waals surface area contributed by atoms with E-state index in [-0.39, 0.29) is 23.4 Å². The minimum atomic E-state index is -3.66. The summed E-state index contributed by atoms with van der Waals surface area (Å²) in [7, 11) is -3.66. The predicted molar refractivity (Wildman–Crippen MR) is 102 cm³/mol. The number of carbonyl (C=O) groups excluding carboxylic acids is 1. The molecule has 0 radical (unpaired) electrons. The van der Waals surface area contributed by atoms with Crippen LogP contribution in [-0.4, -0.2) is 20.9 Å².